The van der Waals surface area contributed by atoms with Crippen LogP contribution >= 0.6 is 11.3 Å². The minimum Gasteiger partial charge on any atom is -0.487 e. The van der Waals surface area contributed by atoms with E-state index in [0.717, 1.165) is 23.5 Å². The Morgan fingerprint density at radius 1 is 1.10 bits per heavy atom. The largest absolute Gasteiger partial charge is 0.487 e. The summed E-state index contributed by atoms with van der Waals surface area (Å²) in [6.45, 7) is 2.35. The molecule has 6 nitrogen and oxygen atoms in total. The standard InChI is InChI=1S/C22H21N3O3S/c1-14-23-19(13-29-14)12-28-20-9-7-16(8-10-20)22(27)25-18-4-2-3-17(11-18)24-21(26)15-5-6-15/h2-4,7-11,13,15H,5-6,12H2,1H3,(H,24,26)(H,25,27). The molecule has 2 amide bonds. The third kappa shape index (κ3) is 5.20. The maximum atomic E-state index is 12.5. The van der Waals surface area contributed by atoms with Crippen molar-refractivity contribution < 1.29 is 14.3 Å². The average molecular weight is 407 g/mol. The number of carbonyl (C=O) groups excluding carboxylic acids is 2. The summed E-state index contributed by atoms with van der Waals surface area (Å²) in [4.78, 5) is 28.8. The molecule has 148 valence electrons. The normalized spacial score (nSPS) is 13.0. The van der Waals surface area contributed by atoms with Gasteiger partial charge in [0.15, 0.2) is 0 Å². The van der Waals surface area contributed by atoms with Gasteiger partial charge in [-0.3, -0.25) is 9.59 Å². The maximum Gasteiger partial charge on any atom is 0.255 e. The van der Waals surface area contributed by atoms with Crippen molar-refractivity contribution in [1.82, 2.24) is 4.98 Å². The highest BCUT2D eigenvalue weighted by molar-refractivity contribution is 7.09. The Morgan fingerprint density at radius 2 is 1.83 bits per heavy atom. The molecule has 0 bridgehead atoms. The molecule has 2 aromatic carbocycles. The van der Waals surface area contributed by atoms with Crippen LogP contribution in [0.3, 0.4) is 0 Å². The van der Waals surface area contributed by atoms with Gasteiger partial charge < -0.3 is 15.4 Å². The lowest BCUT2D eigenvalue weighted by Gasteiger charge is -2.09. The van der Waals surface area contributed by atoms with E-state index in [-0.39, 0.29) is 17.7 Å². The Labute approximate surface area is 172 Å². The van der Waals surface area contributed by atoms with Gasteiger partial charge in [-0.25, -0.2) is 4.98 Å². The number of rotatable bonds is 7. The van der Waals surface area contributed by atoms with Crippen LogP contribution in [0, 0.1) is 12.8 Å². The number of nitrogens with one attached hydrogen (secondary N) is 2. The van der Waals surface area contributed by atoms with Crippen molar-refractivity contribution in [2.45, 2.75) is 26.4 Å². The first-order valence-corrected chi connectivity index (χ1v) is 10.3. The first kappa shape index (κ1) is 19.1. The molecule has 1 fully saturated rings. The van der Waals surface area contributed by atoms with Gasteiger partial charge in [0.2, 0.25) is 5.91 Å². The van der Waals surface area contributed by atoms with Crippen LogP contribution in [0.5, 0.6) is 5.75 Å². The molecule has 1 heterocycles. The van der Waals surface area contributed by atoms with E-state index in [2.05, 4.69) is 15.6 Å². The lowest BCUT2D eigenvalue weighted by atomic mass is 10.2. The number of aromatic nitrogens is 1. The summed E-state index contributed by atoms with van der Waals surface area (Å²) in [6, 6.07) is 14.1. The van der Waals surface area contributed by atoms with E-state index in [1.165, 1.54) is 0 Å². The Morgan fingerprint density at radius 3 is 2.48 bits per heavy atom. The molecule has 1 aliphatic carbocycles. The Hall–Kier alpha value is -3.19. The van der Waals surface area contributed by atoms with E-state index < -0.39 is 0 Å². The molecule has 1 saturated carbocycles. The van der Waals surface area contributed by atoms with E-state index >= 15 is 0 Å². The molecule has 3 aromatic rings. The van der Waals surface area contributed by atoms with Crippen LogP contribution in [-0.4, -0.2) is 16.8 Å². The van der Waals surface area contributed by atoms with Gasteiger partial charge in [-0.1, -0.05) is 6.07 Å². The highest BCUT2D eigenvalue weighted by atomic mass is 32.1. The summed E-state index contributed by atoms with van der Waals surface area (Å²) in [5, 5.41) is 8.72. The zero-order valence-corrected chi connectivity index (χ0v) is 16.8. The second-order valence-electron chi connectivity index (χ2n) is 6.97. The van der Waals surface area contributed by atoms with Crippen LogP contribution in [0.1, 0.15) is 33.9 Å². The third-order valence-corrected chi connectivity index (χ3v) is 5.33. The fourth-order valence-electron chi connectivity index (χ4n) is 2.80. The van der Waals surface area contributed by atoms with Gasteiger partial charge in [-0.15, -0.1) is 11.3 Å². The molecule has 0 aliphatic heterocycles. The highest BCUT2D eigenvalue weighted by Crippen LogP contribution is 2.30. The fraction of sp³-hybridized carbons (Fsp3) is 0.227. The summed E-state index contributed by atoms with van der Waals surface area (Å²) in [5.41, 5.74) is 2.72. The van der Waals surface area contributed by atoms with Crippen LogP contribution in [0.4, 0.5) is 11.4 Å². The Balaban J connectivity index is 1.33. The zero-order valence-electron chi connectivity index (χ0n) is 16.0. The molecule has 0 spiro atoms. The maximum absolute atomic E-state index is 12.5. The first-order valence-electron chi connectivity index (χ1n) is 9.43. The predicted molar refractivity (Wildman–Crippen MR) is 113 cm³/mol. The topological polar surface area (TPSA) is 80.3 Å². The van der Waals surface area contributed by atoms with Gasteiger partial charge in [-0.2, -0.15) is 0 Å². The molecule has 7 heteroatoms. The van der Waals surface area contributed by atoms with Crippen LogP contribution in [-0.2, 0) is 11.4 Å². The monoisotopic (exact) mass is 407 g/mol. The molecule has 29 heavy (non-hydrogen) atoms. The number of amides is 2. The summed E-state index contributed by atoms with van der Waals surface area (Å²) >= 11 is 1.59. The predicted octanol–water partition coefficient (Wildman–Crippen LogP) is 4.63. The van der Waals surface area contributed by atoms with E-state index in [0.29, 0.717) is 29.3 Å². The molecule has 0 radical (unpaired) electrons. The number of hydrogen-bond acceptors (Lipinski definition) is 5. The number of nitrogens with zero attached hydrogens (tertiary/aromatic N) is 1. The first-order chi connectivity index (χ1) is 14.1. The van der Waals surface area contributed by atoms with Crippen LogP contribution in [0.15, 0.2) is 53.9 Å². The number of benzene rings is 2. The number of anilines is 2. The summed E-state index contributed by atoms with van der Waals surface area (Å²) < 4.78 is 5.71. The smallest absolute Gasteiger partial charge is 0.255 e. The SMILES string of the molecule is Cc1nc(COc2ccc(C(=O)Nc3cccc(NC(=O)C4CC4)c3)cc2)cs1. The summed E-state index contributed by atoms with van der Waals surface area (Å²) in [6.07, 6.45) is 1.90. The highest BCUT2D eigenvalue weighted by Gasteiger charge is 2.29. The van der Waals surface area contributed by atoms with Crippen molar-refractivity contribution in [3.8, 4) is 5.75 Å². The van der Waals surface area contributed by atoms with Crippen LogP contribution < -0.4 is 15.4 Å². The Kier molecular flexibility index (Phi) is 5.57. The lowest BCUT2D eigenvalue weighted by molar-refractivity contribution is -0.117. The molecule has 0 atom stereocenters. The van der Waals surface area contributed by atoms with Gasteiger partial charge >= 0.3 is 0 Å². The van der Waals surface area contributed by atoms with E-state index in [1.807, 2.05) is 18.4 Å². The molecule has 4 rings (SSSR count). The van der Waals surface area contributed by atoms with Crippen molar-refractivity contribution in [3.63, 3.8) is 0 Å². The molecule has 1 aliphatic rings. The number of hydrogen-bond donors (Lipinski definition) is 2. The van der Waals surface area contributed by atoms with E-state index in [4.69, 9.17) is 4.74 Å². The van der Waals surface area contributed by atoms with Gasteiger partial charge in [0.05, 0.1) is 10.7 Å². The minimum absolute atomic E-state index is 0.0388. The van der Waals surface area contributed by atoms with Crippen LogP contribution in [0.2, 0.25) is 0 Å². The van der Waals surface area contributed by atoms with Crippen molar-refractivity contribution in [1.29, 1.82) is 0 Å². The number of carbonyl (C=O) groups is 2. The second-order valence-corrected chi connectivity index (χ2v) is 8.03. The molecule has 0 unspecified atom stereocenters. The number of ether oxygens (including phenoxy) is 1. The molecular weight excluding hydrogens is 386 g/mol. The summed E-state index contributed by atoms with van der Waals surface area (Å²) in [7, 11) is 0. The molecule has 2 N–H and O–H groups in total. The fourth-order valence-corrected chi connectivity index (χ4v) is 3.40. The lowest BCUT2D eigenvalue weighted by Crippen LogP contribution is -2.14. The van der Waals surface area contributed by atoms with Gasteiger partial charge in [-0.05, 0) is 62.2 Å². The van der Waals surface area contributed by atoms with Gasteiger partial charge in [0.1, 0.15) is 12.4 Å². The van der Waals surface area contributed by atoms with Crippen molar-refractivity contribution in [2.24, 2.45) is 5.92 Å². The van der Waals surface area contributed by atoms with E-state index in [1.54, 1.807) is 53.8 Å². The second kappa shape index (κ2) is 8.45. The van der Waals surface area contributed by atoms with Crippen LogP contribution in [0.25, 0.3) is 0 Å². The van der Waals surface area contributed by atoms with Crippen molar-refractivity contribution in [2.75, 3.05) is 10.6 Å². The van der Waals surface area contributed by atoms with Gasteiger partial charge in [0, 0.05) is 28.2 Å². The average Bonchev–Trinajstić information content (AvgIpc) is 3.49. The summed E-state index contributed by atoms with van der Waals surface area (Å²) in [5.74, 6) is 0.625. The minimum atomic E-state index is -0.225. The van der Waals surface area contributed by atoms with Gasteiger partial charge in [0.25, 0.3) is 5.91 Å². The zero-order chi connectivity index (χ0) is 20.2. The molecular formula is C22H21N3O3S. The van der Waals surface area contributed by atoms with E-state index in [9.17, 15) is 9.59 Å². The molecule has 1 aromatic heterocycles. The van der Waals surface area contributed by atoms with Crippen molar-refractivity contribution in [3.05, 3.63) is 70.2 Å². The quantitative estimate of drug-likeness (QED) is 0.598. The Bertz CT molecular complexity index is 1030. The third-order valence-electron chi connectivity index (χ3n) is 4.51. The number of thiazole rings is 1. The van der Waals surface area contributed by atoms with Crippen molar-refractivity contribution >= 4 is 34.5 Å². The number of aryl methyl sites for hydroxylation is 1. The molecule has 0 saturated heterocycles.